The van der Waals surface area contributed by atoms with Crippen molar-refractivity contribution in [1.82, 2.24) is 39.2 Å². The van der Waals surface area contributed by atoms with Crippen molar-refractivity contribution in [3.05, 3.63) is 194 Å². The minimum Gasteiger partial charge on any atom is -0.236 e. The van der Waals surface area contributed by atoms with E-state index < -0.39 is 171 Å². The second-order valence-corrected chi connectivity index (χ2v) is 23.7. The summed E-state index contributed by atoms with van der Waals surface area (Å²) in [5, 5.41) is 18.0. The van der Waals surface area contributed by atoms with Gasteiger partial charge in [-0.2, -0.15) is 81.2 Å². The first-order chi connectivity index (χ1) is 43.4. The molecule has 1 aliphatic heterocycles. The van der Waals surface area contributed by atoms with Crippen LogP contribution in [0, 0.1) is 50.1 Å². The Morgan fingerprint density at radius 1 is 0.548 bits per heavy atom. The van der Waals surface area contributed by atoms with Crippen LogP contribution in [-0.2, 0) is 24.7 Å². The molecule has 0 radical (unpaired) electrons. The fourth-order valence-corrected chi connectivity index (χ4v) is 12.4. The first kappa shape index (κ1) is 66.2. The molecule has 93 heavy (non-hydrogen) atoms. The van der Waals surface area contributed by atoms with Crippen molar-refractivity contribution >= 4 is 68.1 Å². The van der Waals surface area contributed by atoms with Gasteiger partial charge in [0.2, 0.25) is 5.71 Å². The molecule has 0 bridgehead atoms. The van der Waals surface area contributed by atoms with Gasteiger partial charge in [0.1, 0.15) is 21.5 Å². The van der Waals surface area contributed by atoms with Gasteiger partial charge < -0.3 is 0 Å². The third-order valence-electron chi connectivity index (χ3n) is 15.7. The average molecular weight is 1430 g/mol. The first-order valence-corrected chi connectivity index (χ1v) is 29.0. The summed E-state index contributed by atoms with van der Waals surface area (Å²) in [5.41, 5.74) is -17.3. The maximum atomic E-state index is 17.6. The molecule has 2 aliphatic rings. The van der Waals surface area contributed by atoms with E-state index in [1.807, 2.05) is 0 Å². The lowest BCUT2D eigenvalue weighted by Gasteiger charge is -2.17. The minimum absolute atomic E-state index is 0.00302. The van der Waals surface area contributed by atoms with E-state index in [0.29, 0.717) is 19.7 Å². The molecule has 2 unspecified atom stereocenters. The van der Waals surface area contributed by atoms with Crippen molar-refractivity contribution in [3.8, 4) is 72.3 Å². The molecule has 5 aromatic carbocycles. The Bertz CT molecular complexity index is 4700. The molecule has 1 saturated carbocycles. The summed E-state index contributed by atoms with van der Waals surface area (Å²) in [6.45, 7) is 5.32. The van der Waals surface area contributed by atoms with Gasteiger partial charge in [-0.05, 0) is 109 Å². The summed E-state index contributed by atoms with van der Waals surface area (Å²) in [4.78, 5) is 2.81. The molecule has 10 nitrogen and oxygen atoms in total. The van der Waals surface area contributed by atoms with Crippen LogP contribution in [0.15, 0.2) is 119 Å². The summed E-state index contributed by atoms with van der Waals surface area (Å²) in [5.74, 6) is -0.785. The Kier molecular flexibility index (Phi) is 16.6. The van der Waals surface area contributed by atoms with E-state index in [1.54, 1.807) is 0 Å². The van der Waals surface area contributed by atoms with Crippen LogP contribution < -0.4 is 5.12 Å². The van der Waals surface area contributed by atoms with Gasteiger partial charge in [-0.3, -0.25) is 0 Å². The molecule has 1 fully saturated rings. The summed E-state index contributed by atoms with van der Waals surface area (Å²) < 4.78 is 263. The molecule has 31 heteroatoms. The lowest BCUT2D eigenvalue weighted by atomic mass is 9.96. The molecule has 4 aromatic heterocycles. The average Bonchev–Trinajstić information content (AvgIpc) is 1.59. The highest BCUT2D eigenvalue weighted by Gasteiger charge is 2.54. The lowest BCUT2D eigenvalue weighted by Crippen LogP contribution is -3.07. The standard InChI is InChI=1S/C62H37BrCl3F17N10/c1-28-46(35-15-12-33(13-16-35)21-23-64)52(58(69,70)71)84-90(28)44-24-34(20-22-63)14-18-39(44)49-30(3)91(86-55(49)61(78,79)80)45-26-36(42-27-57(42,65)66)17-19-40(45)48-29(2)89(85-54(48)60(75,76)77)43-11-7-10-41(51(43)68)50-32(5)93(88-56(50)62(81,82)83)92-31(4)47(53(87-92)59(72,73)74)37-8-6-9-38(67)25-37/h6-19,21,23-26,42H,27H2,1-5H3/p+1. The summed E-state index contributed by atoms with van der Waals surface area (Å²) in [6, 6.07) is 19.0. The Labute approximate surface area is 537 Å². The van der Waals surface area contributed by atoms with Gasteiger partial charge in [0, 0.05) is 95.9 Å². The molecule has 0 saturated heterocycles. The maximum Gasteiger partial charge on any atom is 0.439 e. The third kappa shape index (κ3) is 11.9. The lowest BCUT2D eigenvalue weighted by molar-refractivity contribution is -0.918. The van der Waals surface area contributed by atoms with Crippen molar-refractivity contribution in [2.24, 2.45) is 5.10 Å². The van der Waals surface area contributed by atoms with Gasteiger partial charge in [0.25, 0.3) is 0 Å². The van der Waals surface area contributed by atoms with Gasteiger partial charge in [-0.15, -0.1) is 28.3 Å². The van der Waals surface area contributed by atoms with E-state index in [4.69, 9.17) is 34.8 Å². The van der Waals surface area contributed by atoms with E-state index in [0.717, 1.165) is 99.1 Å². The monoisotopic (exact) mass is 1430 g/mol. The molecule has 5 heterocycles. The van der Waals surface area contributed by atoms with Gasteiger partial charge in [-0.25, -0.2) is 22.8 Å². The normalized spacial score (nSPS) is 16.2. The topological polar surface area (TPSA) is 88.1 Å². The van der Waals surface area contributed by atoms with Crippen LogP contribution in [-0.4, -0.2) is 55.5 Å². The number of allylic oxidation sites excluding steroid dienone is 2. The summed E-state index contributed by atoms with van der Waals surface area (Å²) in [7, 11) is 0. The highest BCUT2D eigenvalue weighted by atomic mass is 79.9. The van der Waals surface area contributed by atoms with E-state index in [1.165, 1.54) is 54.9 Å². The highest BCUT2D eigenvalue weighted by Crippen LogP contribution is 2.60. The SMILES string of the molecule is CC1=C(c2cccc(F)c2)C(C(F)(F)F)=N[NH+]1n1nc(C(F)(F)F)c(-c2cccc(-n3nc(C(F)(F)F)c(-c4ccc(C5CC5(Cl)Cl)cc4-n4nc(C(F)(F)F)c(-c5ccc(C#CBr)cc5-n5nc(C(F)(F)F)c(-c6ccc(C=CCl)cc6)c5C)c4C)c3C)c2F)c1C. The van der Waals surface area contributed by atoms with Crippen LogP contribution in [0.1, 0.15) is 87.1 Å². The number of hydrogen-bond donors (Lipinski definition) is 1. The largest absolute Gasteiger partial charge is 0.439 e. The van der Waals surface area contributed by atoms with Crippen LogP contribution in [0.2, 0.25) is 0 Å². The first-order valence-electron chi connectivity index (χ1n) is 27.0. The zero-order chi connectivity index (χ0) is 67.7. The van der Waals surface area contributed by atoms with Crippen LogP contribution in [0.4, 0.5) is 74.6 Å². The minimum atomic E-state index is -5.53. The molecule has 2 atom stereocenters. The molecule has 0 spiro atoms. The van der Waals surface area contributed by atoms with Gasteiger partial charge >= 0.3 is 30.9 Å². The van der Waals surface area contributed by atoms with Crippen molar-refractivity contribution in [2.75, 3.05) is 0 Å². The molecule has 0 amide bonds. The predicted molar refractivity (Wildman–Crippen MR) is 316 cm³/mol. The second-order valence-electron chi connectivity index (χ2n) is 21.5. The highest BCUT2D eigenvalue weighted by molar-refractivity contribution is 9.12. The molecule has 1 aliphatic carbocycles. The number of alkyl halides is 17. The fraction of sp³-hybridized carbons (Fsp3) is 0.210. The van der Waals surface area contributed by atoms with Gasteiger partial charge in [0.15, 0.2) is 34.3 Å². The number of halogens is 21. The zero-order valence-corrected chi connectivity index (χ0v) is 51.6. The smallest absolute Gasteiger partial charge is 0.236 e. The van der Waals surface area contributed by atoms with Crippen LogP contribution in [0.5, 0.6) is 0 Å². The van der Waals surface area contributed by atoms with Crippen molar-refractivity contribution in [2.45, 2.75) is 82.2 Å². The number of hydrogen-bond acceptors (Lipinski definition) is 5. The molecular weight excluding hydrogens is 1390 g/mol. The van der Waals surface area contributed by atoms with E-state index in [9.17, 15) is 17.6 Å². The summed E-state index contributed by atoms with van der Waals surface area (Å²) in [6.07, 6.45) is -25.4. The number of aromatic nitrogens is 8. The van der Waals surface area contributed by atoms with Gasteiger partial charge in [-0.1, -0.05) is 94.2 Å². The number of benzene rings is 5. The third-order valence-corrected chi connectivity index (χ3v) is 16.8. The number of quaternary nitrogens is 1. The molecule has 1 N–H and O–H groups in total. The zero-order valence-electron chi connectivity index (χ0n) is 47.7. The van der Waals surface area contributed by atoms with Crippen molar-refractivity contribution in [1.29, 1.82) is 0 Å². The summed E-state index contributed by atoms with van der Waals surface area (Å²) >= 11 is 21.6. The van der Waals surface area contributed by atoms with Crippen LogP contribution >= 0.6 is 50.7 Å². The molecule has 482 valence electrons. The predicted octanol–water partition coefficient (Wildman–Crippen LogP) is 18.3. The Morgan fingerprint density at radius 3 is 1.56 bits per heavy atom. The molecule has 11 rings (SSSR count). The van der Waals surface area contributed by atoms with Crippen molar-refractivity contribution in [3.63, 3.8) is 0 Å². The van der Waals surface area contributed by atoms with E-state index in [-0.39, 0.29) is 34.4 Å². The van der Waals surface area contributed by atoms with Crippen LogP contribution in [0.25, 0.3) is 73.2 Å². The van der Waals surface area contributed by atoms with E-state index in [2.05, 4.69) is 52.2 Å². The number of nitrogens with one attached hydrogen (secondary N) is 1. The number of nitrogens with zero attached hydrogens (tertiary/aromatic N) is 9. The van der Waals surface area contributed by atoms with Crippen molar-refractivity contribution < 1.29 is 79.8 Å². The van der Waals surface area contributed by atoms with Gasteiger partial charge in [0.05, 0.1) is 16.9 Å². The Hall–Kier alpha value is -8.23. The maximum absolute atomic E-state index is 17.6. The Balaban J connectivity index is 1.11. The van der Waals surface area contributed by atoms with Crippen LogP contribution in [0.3, 0.4) is 0 Å². The Morgan fingerprint density at radius 2 is 1.04 bits per heavy atom. The second kappa shape index (κ2) is 23.4. The molecular formula is C62H38BrCl3F17N10+. The van der Waals surface area contributed by atoms with E-state index >= 15 is 57.1 Å². The molecule has 9 aromatic rings. The quantitative estimate of drug-likeness (QED) is 0.0794. The fourth-order valence-electron chi connectivity index (χ4n) is 11.5. The number of rotatable bonds is 11.